The summed E-state index contributed by atoms with van der Waals surface area (Å²) in [6.07, 6.45) is 5.46. The predicted molar refractivity (Wildman–Crippen MR) is 157 cm³/mol. The first-order valence-electron chi connectivity index (χ1n) is 13.3. The zero-order valence-corrected chi connectivity index (χ0v) is 23.1. The van der Waals surface area contributed by atoms with Gasteiger partial charge in [0.25, 0.3) is 5.91 Å². The first kappa shape index (κ1) is 24.8. The molecule has 2 aliphatic carbocycles. The van der Waals surface area contributed by atoms with Crippen LogP contribution in [0.15, 0.2) is 91.3 Å². The van der Waals surface area contributed by atoms with Crippen molar-refractivity contribution in [1.82, 2.24) is 4.40 Å². The Morgan fingerprint density at radius 3 is 2.52 bits per heavy atom. The summed E-state index contributed by atoms with van der Waals surface area (Å²) in [5, 5.41) is 0. The zero-order valence-electron chi connectivity index (χ0n) is 21.5. The number of ketones is 1. The Morgan fingerprint density at radius 1 is 0.900 bits per heavy atom. The number of nitrogens with zero attached hydrogens (tertiary/aromatic N) is 2. The number of carbonyl (C=O) groups is 2. The summed E-state index contributed by atoms with van der Waals surface area (Å²) in [6, 6.07) is 24.2. The molecule has 0 fully saturated rings. The molecule has 40 heavy (non-hydrogen) atoms. The van der Waals surface area contributed by atoms with Gasteiger partial charge in [-0.2, -0.15) is 0 Å². The van der Waals surface area contributed by atoms with Crippen LogP contribution in [0.2, 0.25) is 0 Å². The summed E-state index contributed by atoms with van der Waals surface area (Å²) in [5.74, 6) is -0.952. The molecule has 3 aromatic carbocycles. The molecule has 198 valence electrons. The van der Waals surface area contributed by atoms with Crippen molar-refractivity contribution in [3.8, 4) is 11.1 Å². The second-order valence-electron chi connectivity index (χ2n) is 10.5. The number of hydrogen-bond acceptors (Lipinski definition) is 3. The largest absolute Gasteiger partial charge is 0.366 e. The van der Waals surface area contributed by atoms with Crippen molar-refractivity contribution in [2.45, 2.75) is 31.2 Å². The zero-order chi connectivity index (χ0) is 27.5. The maximum atomic E-state index is 15.0. The highest BCUT2D eigenvalue weighted by Crippen LogP contribution is 2.51. The number of carbonyl (C=O) groups excluding carboxylic acids is 2. The van der Waals surface area contributed by atoms with Crippen LogP contribution < -0.4 is 9.66 Å². The van der Waals surface area contributed by atoms with E-state index in [0.717, 1.165) is 38.9 Å². The summed E-state index contributed by atoms with van der Waals surface area (Å²) < 4.78 is 18.7. The molecule has 2 N–H and O–H groups in total. The molecule has 0 saturated carbocycles. The van der Waals surface area contributed by atoms with Crippen molar-refractivity contribution in [3.05, 3.63) is 130 Å². The minimum Gasteiger partial charge on any atom is -0.366 e. The number of hydrogen-bond donors (Lipinski definition) is 1. The highest BCUT2D eigenvalue weighted by Gasteiger charge is 2.39. The summed E-state index contributed by atoms with van der Waals surface area (Å²) in [6.45, 7) is 0. The standard InChI is InChI=1S/C33H25BrFN3O2/c34-38(26-9-4-3-8-25(26)35)28-14-13-21(24-15-17-37-16-5-10-27(37)31(24)33(36)40)23-12-11-22-20-7-2-1-6-19(20)18-29(39)32(22)30(23)28/h1-12,15-17,21,28H,13-14,18H2,(H2,36,40). The number of aromatic nitrogens is 1. The van der Waals surface area contributed by atoms with Gasteiger partial charge < -0.3 is 10.1 Å². The molecule has 7 heteroatoms. The smallest absolute Gasteiger partial charge is 0.251 e. The molecule has 0 spiro atoms. The fourth-order valence-electron chi connectivity index (χ4n) is 6.68. The van der Waals surface area contributed by atoms with Gasteiger partial charge in [-0.15, -0.1) is 0 Å². The third kappa shape index (κ3) is 3.72. The number of benzene rings is 3. The van der Waals surface area contributed by atoms with Crippen LogP contribution in [-0.2, 0) is 6.42 Å². The van der Waals surface area contributed by atoms with Crippen molar-refractivity contribution >= 4 is 39.0 Å². The number of para-hydroxylation sites is 1. The average molecular weight is 594 g/mol. The predicted octanol–water partition coefficient (Wildman–Crippen LogP) is 7.37. The van der Waals surface area contributed by atoms with Crippen LogP contribution in [0.4, 0.5) is 10.1 Å². The highest BCUT2D eigenvalue weighted by atomic mass is 79.9. The Morgan fingerprint density at radius 2 is 1.70 bits per heavy atom. The normalized spacial score (nSPS) is 17.7. The van der Waals surface area contributed by atoms with Gasteiger partial charge in [0, 0.05) is 30.3 Å². The molecular weight excluding hydrogens is 569 g/mol. The van der Waals surface area contributed by atoms with Crippen molar-refractivity contribution < 1.29 is 14.0 Å². The van der Waals surface area contributed by atoms with Gasteiger partial charge in [-0.1, -0.05) is 48.5 Å². The third-order valence-corrected chi connectivity index (χ3v) is 9.25. The van der Waals surface area contributed by atoms with Crippen molar-refractivity contribution in [3.63, 3.8) is 0 Å². The van der Waals surface area contributed by atoms with Crippen LogP contribution in [0.5, 0.6) is 0 Å². The van der Waals surface area contributed by atoms with E-state index in [-0.39, 0.29) is 23.6 Å². The quantitative estimate of drug-likeness (QED) is 0.221. The van der Waals surface area contributed by atoms with Crippen LogP contribution in [0, 0.1) is 5.82 Å². The van der Waals surface area contributed by atoms with Gasteiger partial charge in [0.1, 0.15) is 5.82 Å². The lowest BCUT2D eigenvalue weighted by Gasteiger charge is -2.39. The van der Waals surface area contributed by atoms with Crippen molar-refractivity contribution in [1.29, 1.82) is 0 Å². The summed E-state index contributed by atoms with van der Waals surface area (Å²) >= 11 is 3.69. The van der Waals surface area contributed by atoms with Crippen LogP contribution in [-0.4, -0.2) is 16.1 Å². The first-order valence-corrected chi connectivity index (χ1v) is 14.0. The molecule has 0 radical (unpaired) electrons. The maximum absolute atomic E-state index is 15.0. The molecule has 5 nitrogen and oxygen atoms in total. The minimum absolute atomic E-state index is 0.0443. The number of nitrogens with two attached hydrogens (primary N) is 1. The van der Waals surface area contributed by atoms with Gasteiger partial charge >= 0.3 is 0 Å². The second-order valence-corrected chi connectivity index (χ2v) is 11.2. The number of Topliss-reactive ketones (excluding diaryl/α,β-unsaturated/α-hetero) is 1. The molecule has 1 amide bonds. The Hall–Kier alpha value is -4.23. The molecule has 2 heterocycles. The Balaban J connectivity index is 1.48. The van der Waals surface area contributed by atoms with Gasteiger partial charge in [-0.3, -0.25) is 13.5 Å². The topological polar surface area (TPSA) is 67.8 Å². The van der Waals surface area contributed by atoms with Crippen LogP contribution in [0.25, 0.3) is 16.6 Å². The van der Waals surface area contributed by atoms with Gasteiger partial charge in [-0.25, -0.2) is 4.39 Å². The van der Waals surface area contributed by atoms with Crippen LogP contribution in [0.1, 0.15) is 67.8 Å². The van der Waals surface area contributed by atoms with E-state index < -0.39 is 5.91 Å². The number of halogens is 2. The van der Waals surface area contributed by atoms with E-state index in [4.69, 9.17) is 5.73 Å². The number of amides is 1. The summed E-state index contributed by atoms with van der Waals surface area (Å²) in [7, 11) is 0. The molecule has 0 aliphatic heterocycles. The van der Waals surface area contributed by atoms with Gasteiger partial charge in [0.2, 0.25) is 0 Å². The number of fused-ring (bicyclic) bond motifs is 6. The SMILES string of the molecule is NC(=O)c1c(C2CCC(N(Br)c3ccccc3F)c3c2ccc2c3C(=O)Cc3ccccc3-2)ccn2cccc12. The fraction of sp³-hybridized carbons (Fsp3) is 0.152. The average Bonchev–Trinajstić information content (AvgIpc) is 3.44. The Kier molecular flexibility index (Phi) is 5.86. The first-order chi connectivity index (χ1) is 19.4. The summed E-state index contributed by atoms with van der Waals surface area (Å²) in [5.41, 5.74) is 13.9. The fourth-order valence-corrected chi connectivity index (χ4v) is 7.37. The van der Waals surface area contributed by atoms with E-state index in [1.807, 2.05) is 59.3 Å². The molecule has 2 aliphatic rings. The Bertz CT molecular complexity index is 1850. The Labute approximate surface area is 239 Å². The molecule has 7 rings (SSSR count). The molecular formula is C33H25BrFN3O2. The summed E-state index contributed by atoms with van der Waals surface area (Å²) in [4.78, 5) is 26.7. The van der Waals surface area contributed by atoms with Crippen LogP contribution in [0.3, 0.4) is 0 Å². The third-order valence-electron chi connectivity index (χ3n) is 8.37. The van der Waals surface area contributed by atoms with Gasteiger partial charge in [-0.05, 0) is 76.6 Å². The number of anilines is 1. The maximum Gasteiger partial charge on any atom is 0.251 e. The van der Waals surface area contributed by atoms with Crippen molar-refractivity contribution in [2.24, 2.45) is 5.73 Å². The van der Waals surface area contributed by atoms with E-state index in [0.29, 0.717) is 36.1 Å². The van der Waals surface area contributed by atoms with E-state index in [2.05, 4.69) is 28.3 Å². The lowest BCUT2D eigenvalue weighted by Crippen LogP contribution is -2.30. The van der Waals surface area contributed by atoms with E-state index >= 15 is 0 Å². The van der Waals surface area contributed by atoms with Gasteiger partial charge in [0.15, 0.2) is 5.78 Å². The monoisotopic (exact) mass is 593 g/mol. The molecule has 0 saturated heterocycles. The molecule has 2 atom stereocenters. The number of rotatable bonds is 4. The van der Waals surface area contributed by atoms with E-state index in [1.54, 1.807) is 22.1 Å². The van der Waals surface area contributed by atoms with Crippen molar-refractivity contribution in [2.75, 3.05) is 3.93 Å². The van der Waals surface area contributed by atoms with Gasteiger partial charge in [0.05, 0.1) is 39.0 Å². The molecule has 0 bridgehead atoms. The molecule has 2 aromatic heterocycles. The molecule has 5 aromatic rings. The lowest BCUT2D eigenvalue weighted by atomic mass is 9.70. The lowest BCUT2D eigenvalue weighted by molar-refractivity contribution is 0.0984. The van der Waals surface area contributed by atoms with E-state index in [9.17, 15) is 14.0 Å². The highest BCUT2D eigenvalue weighted by molar-refractivity contribution is 9.10. The number of primary amides is 1. The van der Waals surface area contributed by atoms with Crippen LogP contribution >= 0.6 is 16.1 Å². The minimum atomic E-state index is -0.487. The second kappa shape index (κ2) is 9.45. The molecule has 2 unspecified atom stereocenters. The number of pyridine rings is 1. The van der Waals surface area contributed by atoms with E-state index in [1.165, 1.54) is 6.07 Å².